The van der Waals surface area contributed by atoms with Crippen LogP contribution in [0.3, 0.4) is 0 Å². The van der Waals surface area contributed by atoms with Crippen molar-refractivity contribution in [3.05, 3.63) is 94.0 Å². The Bertz CT molecular complexity index is 1170. The molecule has 1 heterocycles. The summed E-state index contributed by atoms with van der Waals surface area (Å²) < 4.78 is 24.6. The van der Waals surface area contributed by atoms with Crippen molar-refractivity contribution in [3.8, 4) is 17.2 Å². The summed E-state index contributed by atoms with van der Waals surface area (Å²) in [5.74, 6) is 0.798. The Hall–Kier alpha value is -3.09. The summed E-state index contributed by atoms with van der Waals surface area (Å²) in [7, 11) is 1.55. The van der Waals surface area contributed by atoms with Crippen LogP contribution in [0, 0.1) is 5.82 Å². The molecule has 0 spiro atoms. The van der Waals surface area contributed by atoms with E-state index in [0.717, 1.165) is 5.56 Å². The minimum Gasteiger partial charge on any atom is -0.495 e. The van der Waals surface area contributed by atoms with E-state index < -0.39 is 6.04 Å². The van der Waals surface area contributed by atoms with Crippen LogP contribution < -0.4 is 10.1 Å². The third-order valence-corrected chi connectivity index (χ3v) is 5.08. The molecule has 0 saturated heterocycles. The molecule has 5 nitrogen and oxygen atoms in total. The molecule has 0 aliphatic heterocycles. The molecule has 0 amide bonds. The van der Waals surface area contributed by atoms with Crippen molar-refractivity contribution in [1.82, 2.24) is 10.2 Å². The molecule has 8 heteroatoms. The molecule has 4 rings (SSSR count). The van der Waals surface area contributed by atoms with Crippen LogP contribution in [0.5, 0.6) is 5.75 Å². The number of anilines is 1. The lowest BCUT2D eigenvalue weighted by Gasteiger charge is -2.18. The molecule has 1 atom stereocenters. The van der Waals surface area contributed by atoms with Gasteiger partial charge < -0.3 is 14.5 Å². The highest BCUT2D eigenvalue weighted by Gasteiger charge is 2.22. The second-order valence-corrected chi connectivity index (χ2v) is 7.22. The minimum absolute atomic E-state index is 0.289. The summed E-state index contributed by atoms with van der Waals surface area (Å²) >= 11 is 12.5. The summed E-state index contributed by atoms with van der Waals surface area (Å²) in [5, 5.41) is 12.6. The molecule has 1 N–H and O–H groups in total. The summed E-state index contributed by atoms with van der Waals surface area (Å²) in [4.78, 5) is 0. The normalized spacial score (nSPS) is 11.9. The highest BCUT2D eigenvalue weighted by Crippen LogP contribution is 2.33. The van der Waals surface area contributed by atoms with Gasteiger partial charge in [0.2, 0.25) is 11.8 Å². The van der Waals surface area contributed by atoms with E-state index in [0.29, 0.717) is 32.9 Å². The van der Waals surface area contributed by atoms with E-state index in [4.69, 9.17) is 32.4 Å². The summed E-state index contributed by atoms with van der Waals surface area (Å²) in [5.41, 5.74) is 2.06. The largest absolute Gasteiger partial charge is 0.495 e. The van der Waals surface area contributed by atoms with Crippen molar-refractivity contribution in [3.63, 3.8) is 0 Å². The summed E-state index contributed by atoms with van der Waals surface area (Å²) in [6.07, 6.45) is 0. The molecule has 0 radical (unpaired) electrons. The zero-order chi connectivity index (χ0) is 21.1. The highest BCUT2D eigenvalue weighted by atomic mass is 35.5. The Labute approximate surface area is 182 Å². The number of nitrogens with one attached hydrogen (secondary N) is 1. The van der Waals surface area contributed by atoms with Crippen LogP contribution in [0.2, 0.25) is 10.0 Å². The first kappa shape index (κ1) is 20.2. The van der Waals surface area contributed by atoms with Crippen molar-refractivity contribution in [2.45, 2.75) is 6.04 Å². The molecule has 0 saturated carbocycles. The van der Waals surface area contributed by atoms with E-state index >= 15 is 0 Å². The number of methoxy groups -OCH3 is 1. The number of hydrogen-bond acceptors (Lipinski definition) is 5. The highest BCUT2D eigenvalue weighted by molar-refractivity contribution is 6.33. The maximum absolute atomic E-state index is 13.5. The zero-order valence-electron chi connectivity index (χ0n) is 15.8. The molecule has 0 aliphatic rings. The average molecular weight is 444 g/mol. The number of nitrogens with zero attached hydrogens (tertiary/aromatic N) is 2. The number of benzene rings is 3. The monoisotopic (exact) mass is 443 g/mol. The van der Waals surface area contributed by atoms with Gasteiger partial charge in [0.15, 0.2) is 0 Å². The molecule has 0 fully saturated rings. The van der Waals surface area contributed by atoms with Crippen LogP contribution in [0.4, 0.5) is 10.1 Å². The van der Waals surface area contributed by atoms with E-state index in [1.165, 1.54) is 12.1 Å². The SMILES string of the molecule is COc1ccc(N[C@H](c2ccc(F)cc2)c2nnc(-c3ccccc3Cl)o2)cc1Cl. The van der Waals surface area contributed by atoms with Gasteiger partial charge in [-0.15, -0.1) is 10.2 Å². The molecule has 0 bridgehead atoms. The fourth-order valence-electron chi connectivity index (χ4n) is 2.96. The van der Waals surface area contributed by atoms with Crippen LogP contribution in [-0.4, -0.2) is 17.3 Å². The standard InChI is InChI=1S/C22H16Cl2FN3O2/c1-29-19-11-10-15(12-18(19)24)26-20(13-6-8-14(25)9-7-13)22-28-27-21(30-22)16-4-2-3-5-17(16)23/h2-12,20,26H,1H3/t20-/m1/s1. The van der Waals surface area contributed by atoms with Crippen molar-refractivity contribution >= 4 is 28.9 Å². The third kappa shape index (κ3) is 4.25. The molecular formula is C22H16Cl2FN3O2. The Morgan fingerprint density at radius 3 is 2.43 bits per heavy atom. The maximum atomic E-state index is 13.5. The number of rotatable bonds is 6. The Morgan fingerprint density at radius 2 is 1.73 bits per heavy atom. The first-order valence-corrected chi connectivity index (χ1v) is 9.74. The molecule has 0 unspecified atom stereocenters. The van der Waals surface area contributed by atoms with Crippen LogP contribution in [0.1, 0.15) is 17.5 Å². The van der Waals surface area contributed by atoms with Gasteiger partial charge >= 0.3 is 0 Å². The molecule has 30 heavy (non-hydrogen) atoms. The van der Waals surface area contributed by atoms with Crippen LogP contribution >= 0.6 is 23.2 Å². The van der Waals surface area contributed by atoms with Gasteiger partial charge in [-0.2, -0.15) is 0 Å². The fraction of sp³-hybridized carbons (Fsp3) is 0.0909. The van der Waals surface area contributed by atoms with Crippen molar-refractivity contribution in [1.29, 1.82) is 0 Å². The van der Waals surface area contributed by atoms with Gasteiger partial charge in [0, 0.05) is 5.69 Å². The molecule has 1 aromatic heterocycles. The van der Waals surface area contributed by atoms with Crippen molar-refractivity contribution in [2.75, 3.05) is 12.4 Å². The lowest BCUT2D eigenvalue weighted by Crippen LogP contribution is -2.13. The van der Waals surface area contributed by atoms with Gasteiger partial charge in [0.1, 0.15) is 17.6 Å². The average Bonchev–Trinajstić information content (AvgIpc) is 3.23. The van der Waals surface area contributed by atoms with Gasteiger partial charge in [0.05, 0.1) is 22.7 Å². The molecule has 3 aromatic carbocycles. The van der Waals surface area contributed by atoms with Gasteiger partial charge in [-0.05, 0) is 48.0 Å². The number of halogens is 3. The minimum atomic E-state index is -0.543. The van der Waals surface area contributed by atoms with E-state index in [1.54, 1.807) is 43.5 Å². The van der Waals surface area contributed by atoms with Crippen LogP contribution in [0.25, 0.3) is 11.5 Å². The predicted octanol–water partition coefficient (Wildman–Crippen LogP) is 6.39. The topological polar surface area (TPSA) is 60.2 Å². The van der Waals surface area contributed by atoms with Crippen LogP contribution in [0.15, 0.2) is 71.1 Å². The van der Waals surface area contributed by atoms with E-state index in [-0.39, 0.29) is 11.7 Å². The second-order valence-electron chi connectivity index (χ2n) is 6.40. The van der Waals surface area contributed by atoms with E-state index in [1.807, 2.05) is 18.2 Å². The van der Waals surface area contributed by atoms with Gasteiger partial charge in [-0.3, -0.25) is 0 Å². The molecular weight excluding hydrogens is 428 g/mol. The quantitative estimate of drug-likeness (QED) is 0.373. The second kappa shape index (κ2) is 8.73. The number of hydrogen-bond donors (Lipinski definition) is 1. The van der Waals surface area contributed by atoms with Crippen molar-refractivity contribution in [2.24, 2.45) is 0 Å². The summed E-state index contributed by atoms with van der Waals surface area (Å²) in [6, 6.07) is 18.0. The Morgan fingerprint density at radius 1 is 0.967 bits per heavy atom. The van der Waals surface area contributed by atoms with E-state index in [9.17, 15) is 4.39 Å². The van der Waals surface area contributed by atoms with Gasteiger partial charge in [0.25, 0.3) is 0 Å². The molecule has 152 valence electrons. The Balaban J connectivity index is 1.72. The van der Waals surface area contributed by atoms with Gasteiger partial charge in [-0.1, -0.05) is 47.5 Å². The molecule has 4 aromatic rings. The fourth-order valence-corrected chi connectivity index (χ4v) is 3.43. The van der Waals surface area contributed by atoms with Gasteiger partial charge in [-0.25, -0.2) is 4.39 Å². The summed E-state index contributed by atoms with van der Waals surface area (Å²) in [6.45, 7) is 0. The number of ether oxygens (including phenoxy) is 1. The lowest BCUT2D eigenvalue weighted by molar-refractivity contribution is 0.415. The third-order valence-electron chi connectivity index (χ3n) is 4.46. The lowest BCUT2D eigenvalue weighted by atomic mass is 10.1. The Kier molecular flexibility index (Phi) is 5.88. The zero-order valence-corrected chi connectivity index (χ0v) is 17.3. The van der Waals surface area contributed by atoms with Crippen LogP contribution in [-0.2, 0) is 0 Å². The smallest absolute Gasteiger partial charge is 0.249 e. The van der Waals surface area contributed by atoms with Crippen molar-refractivity contribution < 1.29 is 13.5 Å². The number of aromatic nitrogens is 2. The first-order chi connectivity index (χ1) is 14.5. The predicted molar refractivity (Wildman–Crippen MR) is 115 cm³/mol. The first-order valence-electron chi connectivity index (χ1n) is 8.99. The molecule has 0 aliphatic carbocycles. The van der Waals surface area contributed by atoms with E-state index in [2.05, 4.69) is 15.5 Å². The maximum Gasteiger partial charge on any atom is 0.249 e.